The number of halogens is 2. The van der Waals surface area contributed by atoms with Crippen molar-refractivity contribution in [1.29, 1.82) is 0 Å². The van der Waals surface area contributed by atoms with Gasteiger partial charge < -0.3 is 10.6 Å². The lowest BCUT2D eigenvalue weighted by Crippen LogP contribution is -2.24. The third-order valence-corrected chi connectivity index (χ3v) is 2.84. The summed E-state index contributed by atoms with van der Waals surface area (Å²) >= 11 is 0. The van der Waals surface area contributed by atoms with Gasteiger partial charge in [0, 0.05) is 19.6 Å². The molecule has 0 bridgehead atoms. The Morgan fingerprint density at radius 1 is 1.27 bits per heavy atom. The number of benzene rings is 1. The Morgan fingerprint density at radius 3 is 2.33 bits per heavy atom. The van der Waals surface area contributed by atoms with E-state index in [2.05, 4.69) is 0 Å². The lowest BCUT2D eigenvalue weighted by molar-refractivity contribution is 0.505. The topological polar surface area (TPSA) is 29.3 Å². The molecule has 0 heterocycles. The monoisotopic (exact) mass is 212 g/mol. The first-order chi connectivity index (χ1) is 6.96. The molecule has 0 radical (unpaired) electrons. The van der Waals surface area contributed by atoms with Crippen LogP contribution in [0, 0.1) is 11.6 Å². The standard InChI is InChI=1S/C11H14F2N2/c1-15(2)10-7(11(14)5-6-11)3-4-8(12)9(10)13/h3-4H,5-6,14H2,1-2H3. The molecule has 2 nitrogen and oxygen atoms in total. The molecule has 0 amide bonds. The highest BCUT2D eigenvalue weighted by molar-refractivity contribution is 5.58. The summed E-state index contributed by atoms with van der Waals surface area (Å²) in [6.45, 7) is 0. The van der Waals surface area contributed by atoms with Crippen LogP contribution < -0.4 is 10.6 Å². The molecule has 1 aromatic rings. The van der Waals surface area contributed by atoms with Gasteiger partial charge in [0.05, 0.1) is 5.69 Å². The molecule has 2 rings (SSSR count). The van der Waals surface area contributed by atoms with E-state index in [1.807, 2.05) is 0 Å². The third-order valence-electron chi connectivity index (χ3n) is 2.84. The maximum Gasteiger partial charge on any atom is 0.182 e. The summed E-state index contributed by atoms with van der Waals surface area (Å²) < 4.78 is 26.7. The molecule has 0 spiro atoms. The van der Waals surface area contributed by atoms with Crippen LogP contribution in [0.2, 0.25) is 0 Å². The average molecular weight is 212 g/mol. The van der Waals surface area contributed by atoms with E-state index in [1.54, 1.807) is 25.1 Å². The number of rotatable bonds is 2. The number of nitrogens with zero attached hydrogens (tertiary/aromatic N) is 1. The summed E-state index contributed by atoms with van der Waals surface area (Å²) in [5, 5.41) is 0. The highest BCUT2D eigenvalue weighted by Crippen LogP contribution is 2.47. The van der Waals surface area contributed by atoms with Gasteiger partial charge in [-0.05, 0) is 24.5 Å². The molecule has 0 unspecified atom stereocenters. The summed E-state index contributed by atoms with van der Waals surface area (Å²) in [5.41, 5.74) is 6.53. The maximum absolute atomic E-state index is 13.6. The second kappa shape index (κ2) is 3.17. The largest absolute Gasteiger partial charge is 0.375 e. The van der Waals surface area contributed by atoms with E-state index in [4.69, 9.17) is 5.73 Å². The predicted molar refractivity (Wildman–Crippen MR) is 55.8 cm³/mol. The second-order valence-corrected chi connectivity index (χ2v) is 4.31. The van der Waals surface area contributed by atoms with E-state index in [0.29, 0.717) is 5.56 Å². The Morgan fingerprint density at radius 2 is 1.87 bits per heavy atom. The van der Waals surface area contributed by atoms with E-state index in [0.717, 1.165) is 18.9 Å². The minimum absolute atomic E-state index is 0.273. The number of anilines is 1. The molecule has 15 heavy (non-hydrogen) atoms. The molecule has 0 saturated heterocycles. The summed E-state index contributed by atoms with van der Waals surface area (Å²) in [5.74, 6) is -1.64. The Bertz CT molecular complexity index is 398. The lowest BCUT2D eigenvalue weighted by Gasteiger charge is -2.22. The van der Waals surface area contributed by atoms with Crippen LogP contribution in [0.3, 0.4) is 0 Å². The Balaban J connectivity index is 2.59. The first kappa shape index (κ1) is 10.4. The van der Waals surface area contributed by atoms with E-state index in [1.165, 1.54) is 0 Å². The fraction of sp³-hybridized carbons (Fsp3) is 0.455. The van der Waals surface area contributed by atoms with Crippen LogP contribution in [0.4, 0.5) is 14.5 Å². The smallest absolute Gasteiger partial charge is 0.182 e. The van der Waals surface area contributed by atoms with Gasteiger partial charge in [-0.15, -0.1) is 0 Å². The van der Waals surface area contributed by atoms with E-state index in [9.17, 15) is 8.78 Å². The normalized spacial score (nSPS) is 17.7. The van der Waals surface area contributed by atoms with Gasteiger partial charge in [0.2, 0.25) is 0 Å². The van der Waals surface area contributed by atoms with Crippen molar-refractivity contribution in [2.75, 3.05) is 19.0 Å². The number of hydrogen-bond donors (Lipinski definition) is 1. The molecule has 4 heteroatoms. The van der Waals surface area contributed by atoms with Crippen molar-refractivity contribution in [3.8, 4) is 0 Å². The van der Waals surface area contributed by atoms with Crippen LogP contribution in [0.25, 0.3) is 0 Å². The van der Waals surface area contributed by atoms with Crippen LogP contribution in [-0.4, -0.2) is 14.1 Å². The molecule has 2 N–H and O–H groups in total. The first-order valence-corrected chi connectivity index (χ1v) is 4.90. The molecule has 1 fully saturated rings. The van der Waals surface area contributed by atoms with Crippen LogP contribution in [-0.2, 0) is 5.54 Å². The van der Waals surface area contributed by atoms with Crippen LogP contribution in [0.1, 0.15) is 18.4 Å². The quantitative estimate of drug-likeness (QED) is 0.812. The van der Waals surface area contributed by atoms with Crippen molar-refractivity contribution in [2.45, 2.75) is 18.4 Å². The molecule has 1 aromatic carbocycles. The molecule has 0 atom stereocenters. The zero-order valence-electron chi connectivity index (χ0n) is 8.85. The SMILES string of the molecule is CN(C)c1c(C2(N)CC2)ccc(F)c1F. The Kier molecular flexibility index (Phi) is 2.19. The highest BCUT2D eigenvalue weighted by atomic mass is 19.2. The van der Waals surface area contributed by atoms with Crippen molar-refractivity contribution in [2.24, 2.45) is 5.73 Å². The predicted octanol–water partition coefficient (Wildman–Crippen LogP) is 1.98. The minimum atomic E-state index is -0.827. The van der Waals surface area contributed by atoms with Gasteiger partial charge in [-0.1, -0.05) is 6.07 Å². The van der Waals surface area contributed by atoms with Gasteiger partial charge in [-0.2, -0.15) is 0 Å². The third kappa shape index (κ3) is 1.59. The highest BCUT2D eigenvalue weighted by Gasteiger charge is 2.43. The van der Waals surface area contributed by atoms with Crippen molar-refractivity contribution < 1.29 is 8.78 Å². The van der Waals surface area contributed by atoms with E-state index >= 15 is 0 Å². The van der Waals surface area contributed by atoms with Crippen LogP contribution in [0.15, 0.2) is 12.1 Å². The van der Waals surface area contributed by atoms with Crippen LogP contribution >= 0.6 is 0 Å². The average Bonchev–Trinajstić information content (AvgIpc) is 2.88. The zero-order valence-corrected chi connectivity index (χ0v) is 8.85. The molecule has 0 aromatic heterocycles. The molecule has 1 saturated carbocycles. The van der Waals surface area contributed by atoms with Crippen molar-refractivity contribution in [3.63, 3.8) is 0 Å². The molecule has 1 aliphatic rings. The maximum atomic E-state index is 13.6. The lowest BCUT2D eigenvalue weighted by atomic mass is 10.0. The van der Waals surface area contributed by atoms with Crippen molar-refractivity contribution in [3.05, 3.63) is 29.3 Å². The van der Waals surface area contributed by atoms with Crippen LogP contribution in [0.5, 0.6) is 0 Å². The fourth-order valence-electron chi connectivity index (χ4n) is 1.78. The number of hydrogen-bond acceptors (Lipinski definition) is 2. The van der Waals surface area contributed by atoms with Crippen molar-refractivity contribution >= 4 is 5.69 Å². The second-order valence-electron chi connectivity index (χ2n) is 4.31. The summed E-state index contributed by atoms with van der Waals surface area (Å²) in [6, 6.07) is 2.73. The van der Waals surface area contributed by atoms with E-state index in [-0.39, 0.29) is 5.69 Å². The van der Waals surface area contributed by atoms with Gasteiger partial charge in [0.25, 0.3) is 0 Å². The summed E-state index contributed by atoms with van der Waals surface area (Å²) in [4.78, 5) is 1.57. The van der Waals surface area contributed by atoms with Gasteiger partial charge in [-0.25, -0.2) is 8.78 Å². The molecule has 82 valence electrons. The van der Waals surface area contributed by atoms with Gasteiger partial charge in [-0.3, -0.25) is 0 Å². The van der Waals surface area contributed by atoms with Gasteiger partial charge >= 0.3 is 0 Å². The summed E-state index contributed by atoms with van der Waals surface area (Å²) in [7, 11) is 3.38. The molecule has 0 aliphatic heterocycles. The molecular weight excluding hydrogens is 198 g/mol. The minimum Gasteiger partial charge on any atom is -0.375 e. The Labute approximate surface area is 87.7 Å². The van der Waals surface area contributed by atoms with Gasteiger partial charge in [0.15, 0.2) is 11.6 Å². The first-order valence-electron chi connectivity index (χ1n) is 4.90. The molecular formula is C11H14F2N2. The fourth-order valence-corrected chi connectivity index (χ4v) is 1.78. The molecule has 1 aliphatic carbocycles. The van der Waals surface area contributed by atoms with E-state index < -0.39 is 17.2 Å². The Hall–Kier alpha value is -1.16. The zero-order chi connectivity index (χ0) is 11.2. The van der Waals surface area contributed by atoms with Gasteiger partial charge in [0.1, 0.15) is 0 Å². The van der Waals surface area contributed by atoms with Crippen molar-refractivity contribution in [1.82, 2.24) is 0 Å². The number of nitrogens with two attached hydrogens (primary N) is 1. The summed E-state index contributed by atoms with van der Waals surface area (Å²) in [6.07, 6.45) is 1.66.